The van der Waals surface area contributed by atoms with Gasteiger partial charge < -0.3 is 19.2 Å². The van der Waals surface area contributed by atoms with Crippen LogP contribution >= 0.6 is 46.6 Å². The first-order valence-electron chi connectivity index (χ1n) is 13.8. The molecule has 40 heavy (non-hydrogen) atoms. The number of allylic oxidation sites excluding steroid dienone is 1. The summed E-state index contributed by atoms with van der Waals surface area (Å²) in [6.07, 6.45) is 6.58. The number of carbonyl (C=O) groups excluding carboxylic acids is 2. The average Bonchev–Trinajstić information content (AvgIpc) is 2.82. The van der Waals surface area contributed by atoms with Crippen LogP contribution in [0.2, 0.25) is 18.1 Å². The molecular formula is C29H52Cl3NO5SSi. The van der Waals surface area contributed by atoms with E-state index in [4.69, 9.17) is 48.7 Å². The Morgan fingerprint density at radius 3 is 2.10 bits per heavy atom. The number of thioether (sulfide) groups is 1. The number of hydrogen-bond donors (Lipinski definition) is 1. The zero-order valence-electron chi connectivity index (χ0n) is 26.5. The van der Waals surface area contributed by atoms with Crippen molar-refractivity contribution in [2.45, 2.75) is 115 Å². The lowest BCUT2D eigenvalue weighted by atomic mass is 9.90. The van der Waals surface area contributed by atoms with Crippen LogP contribution in [-0.2, 0) is 23.5 Å². The fraction of sp³-hybridized carbons (Fsp3) is 0.793. The van der Waals surface area contributed by atoms with Gasteiger partial charge in [0.2, 0.25) is 9.70 Å². The molecule has 0 aromatic heterocycles. The van der Waals surface area contributed by atoms with Gasteiger partial charge in [-0.25, -0.2) is 4.79 Å². The van der Waals surface area contributed by atoms with Gasteiger partial charge in [0.1, 0.15) is 12.6 Å². The molecule has 1 amide bonds. The highest BCUT2D eigenvalue weighted by atomic mass is 35.6. The molecule has 0 aliphatic carbocycles. The quantitative estimate of drug-likeness (QED) is 0.0447. The smallest absolute Gasteiger partial charge is 0.328 e. The molecule has 6 nitrogen and oxygen atoms in total. The number of esters is 1. The molecule has 1 N–H and O–H groups in total. The molecule has 0 heterocycles. The largest absolute Gasteiger partial charge is 0.460 e. The molecule has 0 rings (SSSR count). The topological polar surface area (TPSA) is 73.9 Å². The van der Waals surface area contributed by atoms with Crippen LogP contribution in [0.1, 0.15) is 75.2 Å². The van der Waals surface area contributed by atoms with E-state index < -0.39 is 30.7 Å². The summed E-state index contributed by atoms with van der Waals surface area (Å²) < 4.78 is 16.6. The number of carbonyl (C=O) groups is 2. The minimum Gasteiger partial charge on any atom is -0.460 e. The average molecular weight is 661 g/mol. The zero-order chi connectivity index (χ0) is 31.5. The maximum atomic E-state index is 13.1. The van der Waals surface area contributed by atoms with Crippen molar-refractivity contribution in [3.05, 3.63) is 23.3 Å². The van der Waals surface area contributed by atoms with Gasteiger partial charge in [0.25, 0.3) is 0 Å². The number of alkyl halides is 3. The third kappa shape index (κ3) is 14.8. The van der Waals surface area contributed by atoms with Crippen LogP contribution in [0.25, 0.3) is 0 Å². The summed E-state index contributed by atoms with van der Waals surface area (Å²) in [5, 5.41) is 2.86. The zero-order valence-corrected chi connectivity index (χ0v) is 30.5. The fourth-order valence-electron chi connectivity index (χ4n) is 3.66. The SMILES string of the molecule is C/C=C(\C)[C@@H](O[Si](C)(C)C(C)(C)C)[C@@H](C)[C@H](C/C=C(\C)C(=O)N[C@H](CC(C)C)C(=O)OCC(Cl)(Cl)Cl)OCSC. The molecule has 0 aliphatic heterocycles. The van der Waals surface area contributed by atoms with Crippen LogP contribution in [0.15, 0.2) is 23.3 Å². The fourth-order valence-corrected chi connectivity index (χ4v) is 5.52. The third-order valence-electron chi connectivity index (χ3n) is 7.29. The Labute approximate surface area is 263 Å². The molecule has 11 heteroatoms. The summed E-state index contributed by atoms with van der Waals surface area (Å²) in [5.41, 5.74) is 1.65. The number of rotatable bonds is 16. The normalized spacial score (nSPS) is 16.9. The van der Waals surface area contributed by atoms with Crippen molar-refractivity contribution in [1.82, 2.24) is 5.32 Å². The molecular weight excluding hydrogens is 609 g/mol. The molecule has 0 saturated carbocycles. The van der Waals surface area contributed by atoms with E-state index in [1.807, 2.05) is 33.1 Å². The highest BCUT2D eigenvalue weighted by molar-refractivity contribution is 7.98. The van der Waals surface area contributed by atoms with Crippen LogP contribution in [0.3, 0.4) is 0 Å². The summed E-state index contributed by atoms with van der Waals surface area (Å²) in [6.45, 7) is 22.7. The maximum Gasteiger partial charge on any atom is 0.328 e. The first-order chi connectivity index (χ1) is 18.2. The summed E-state index contributed by atoms with van der Waals surface area (Å²) in [6, 6.07) is -0.856. The Hall–Kier alpha value is -0.223. The van der Waals surface area contributed by atoms with Gasteiger partial charge in [-0.3, -0.25) is 4.79 Å². The molecule has 0 aromatic carbocycles. The number of hydrogen-bond acceptors (Lipinski definition) is 6. The molecule has 0 aromatic rings. The Morgan fingerprint density at radius 1 is 1.07 bits per heavy atom. The van der Waals surface area contributed by atoms with E-state index in [1.54, 1.807) is 18.7 Å². The van der Waals surface area contributed by atoms with Gasteiger partial charge in [-0.15, -0.1) is 11.8 Å². The van der Waals surface area contributed by atoms with Crippen molar-refractivity contribution in [3.8, 4) is 0 Å². The molecule has 0 aliphatic rings. The Bertz CT molecular complexity index is 869. The standard InChI is InChI=1S/C29H52Cl3NO5SSi/c1-13-20(4)25(38-40(11,12)28(7,8)9)22(6)24(37-18-39-10)15-14-21(5)26(34)33-23(16-19(2)3)27(35)36-17-29(30,31)32/h13-14,19,22-25H,15-18H2,1-12H3,(H,33,34)/b20-13+,21-14+/t22-,23+,24-,25+/m0/s1. The van der Waals surface area contributed by atoms with Gasteiger partial charge in [-0.2, -0.15) is 0 Å². The maximum absolute atomic E-state index is 13.1. The van der Waals surface area contributed by atoms with Crippen molar-refractivity contribution in [2.24, 2.45) is 11.8 Å². The predicted octanol–water partition coefficient (Wildman–Crippen LogP) is 8.47. The van der Waals surface area contributed by atoms with Gasteiger partial charge in [0, 0.05) is 11.5 Å². The van der Waals surface area contributed by atoms with Crippen LogP contribution in [-0.4, -0.2) is 61.0 Å². The molecule has 0 radical (unpaired) electrons. The van der Waals surface area contributed by atoms with E-state index >= 15 is 0 Å². The van der Waals surface area contributed by atoms with Crippen molar-refractivity contribution < 1.29 is 23.5 Å². The summed E-state index contributed by atoms with van der Waals surface area (Å²) in [4.78, 5) is 25.7. The third-order valence-corrected chi connectivity index (χ3v) is 12.4. The molecule has 0 saturated heterocycles. The van der Waals surface area contributed by atoms with E-state index in [0.29, 0.717) is 24.4 Å². The number of amides is 1. The Morgan fingerprint density at radius 2 is 1.65 bits per heavy atom. The summed E-state index contributed by atoms with van der Waals surface area (Å²) in [7, 11) is -2.06. The van der Waals surface area contributed by atoms with Gasteiger partial charge in [-0.1, -0.05) is 88.5 Å². The van der Waals surface area contributed by atoms with Gasteiger partial charge in [-0.05, 0) is 69.5 Å². The second-order valence-electron chi connectivity index (χ2n) is 12.3. The first-order valence-corrected chi connectivity index (χ1v) is 19.2. The van der Waals surface area contributed by atoms with Crippen LogP contribution in [0.4, 0.5) is 0 Å². The molecule has 234 valence electrons. The van der Waals surface area contributed by atoms with Crippen molar-refractivity contribution in [3.63, 3.8) is 0 Å². The summed E-state index contributed by atoms with van der Waals surface area (Å²) in [5.74, 6) is -0.292. The van der Waals surface area contributed by atoms with Crippen molar-refractivity contribution >= 4 is 66.8 Å². The van der Waals surface area contributed by atoms with E-state index in [0.717, 1.165) is 0 Å². The lowest BCUT2D eigenvalue weighted by molar-refractivity contribution is -0.147. The van der Waals surface area contributed by atoms with Gasteiger partial charge in [0.15, 0.2) is 8.32 Å². The van der Waals surface area contributed by atoms with E-state index in [2.05, 4.69) is 59.1 Å². The molecule has 0 fully saturated rings. The van der Waals surface area contributed by atoms with Gasteiger partial charge >= 0.3 is 5.97 Å². The van der Waals surface area contributed by atoms with Crippen molar-refractivity contribution in [2.75, 3.05) is 18.8 Å². The van der Waals surface area contributed by atoms with Crippen LogP contribution in [0, 0.1) is 11.8 Å². The highest BCUT2D eigenvalue weighted by Crippen LogP contribution is 2.40. The first kappa shape index (κ1) is 39.8. The minimum absolute atomic E-state index is 0.0372. The number of ether oxygens (including phenoxy) is 2. The van der Waals surface area contributed by atoms with Crippen LogP contribution in [0.5, 0.6) is 0 Å². The van der Waals surface area contributed by atoms with Crippen LogP contribution < -0.4 is 5.32 Å². The van der Waals surface area contributed by atoms with E-state index in [9.17, 15) is 9.59 Å². The van der Waals surface area contributed by atoms with E-state index in [1.165, 1.54) is 5.57 Å². The highest BCUT2D eigenvalue weighted by Gasteiger charge is 2.41. The second-order valence-corrected chi connectivity index (χ2v) is 20.4. The minimum atomic E-state index is -2.06. The predicted molar refractivity (Wildman–Crippen MR) is 175 cm³/mol. The molecule has 0 spiro atoms. The Kier molecular flexibility index (Phi) is 17.7. The summed E-state index contributed by atoms with van der Waals surface area (Å²) >= 11 is 18.8. The second kappa shape index (κ2) is 17.8. The molecule has 0 bridgehead atoms. The molecule has 0 unspecified atom stereocenters. The van der Waals surface area contributed by atoms with Crippen molar-refractivity contribution in [1.29, 1.82) is 0 Å². The molecule has 4 atom stereocenters. The lowest BCUT2D eigenvalue weighted by Crippen LogP contribution is -2.47. The monoisotopic (exact) mass is 659 g/mol. The Balaban J connectivity index is 5.85. The van der Waals surface area contributed by atoms with Gasteiger partial charge in [0.05, 0.1) is 18.1 Å². The number of nitrogens with one attached hydrogen (secondary N) is 1. The lowest BCUT2D eigenvalue weighted by Gasteiger charge is -2.42. The van der Waals surface area contributed by atoms with E-state index in [-0.39, 0.29) is 35.0 Å². The number of halogens is 3.